The van der Waals surface area contributed by atoms with Gasteiger partial charge in [-0.3, -0.25) is 0 Å². The Morgan fingerprint density at radius 3 is 2.22 bits per heavy atom. The number of hydrogen-bond acceptors (Lipinski definition) is 3. The Bertz CT molecular complexity index is 418. The number of aromatic carboxylic acids is 1. The summed E-state index contributed by atoms with van der Waals surface area (Å²) in [5.74, 6) is -0.178. The Kier molecular flexibility index (Phi) is 4.70. The number of rotatable bonds is 6. The first-order valence-electron chi connectivity index (χ1n) is 6.47. The van der Waals surface area contributed by atoms with E-state index >= 15 is 0 Å². The van der Waals surface area contributed by atoms with Crippen molar-refractivity contribution in [2.24, 2.45) is 0 Å². The van der Waals surface area contributed by atoms with Gasteiger partial charge in [0.25, 0.3) is 0 Å². The molecule has 0 radical (unpaired) electrons. The van der Waals surface area contributed by atoms with Gasteiger partial charge in [-0.25, -0.2) is 9.78 Å². The molecule has 0 atom stereocenters. The van der Waals surface area contributed by atoms with E-state index in [4.69, 9.17) is 5.11 Å². The Morgan fingerprint density at radius 1 is 1.28 bits per heavy atom. The van der Waals surface area contributed by atoms with E-state index in [1.54, 1.807) is 19.1 Å². The number of anilines is 1. The van der Waals surface area contributed by atoms with Gasteiger partial charge in [0.05, 0.1) is 11.3 Å². The van der Waals surface area contributed by atoms with Crippen LogP contribution < -0.4 is 5.32 Å². The van der Waals surface area contributed by atoms with Gasteiger partial charge in [0.2, 0.25) is 0 Å². The number of nitrogens with zero attached hydrogens (tertiary/aromatic N) is 1. The predicted molar refractivity (Wildman–Crippen MR) is 73.2 cm³/mol. The van der Waals surface area contributed by atoms with Crippen molar-refractivity contribution < 1.29 is 9.90 Å². The molecule has 0 saturated carbocycles. The predicted octanol–water partition coefficient (Wildman–Crippen LogP) is 3.47. The van der Waals surface area contributed by atoms with E-state index < -0.39 is 5.97 Å². The molecular formula is C14H22N2O2. The third-order valence-corrected chi connectivity index (χ3v) is 3.74. The van der Waals surface area contributed by atoms with Crippen LogP contribution in [-0.4, -0.2) is 21.6 Å². The summed E-state index contributed by atoms with van der Waals surface area (Å²) in [5, 5.41) is 12.4. The largest absolute Gasteiger partial charge is 0.478 e. The Balaban J connectivity index is 2.98. The third-order valence-electron chi connectivity index (χ3n) is 3.74. The van der Waals surface area contributed by atoms with Gasteiger partial charge in [-0.15, -0.1) is 0 Å². The van der Waals surface area contributed by atoms with E-state index in [-0.39, 0.29) is 11.1 Å². The minimum Gasteiger partial charge on any atom is -0.478 e. The van der Waals surface area contributed by atoms with Gasteiger partial charge in [-0.1, -0.05) is 20.8 Å². The van der Waals surface area contributed by atoms with Crippen LogP contribution in [0.15, 0.2) is 12.1 Å². The first-order chi connectivity index (χ1) is 8.48. The quantitative estimate of drug-likeness (QED) is 0.811. The topological polar surface area (TPSA) is 62.2 Å². The highest BCUT2D eigenvalue weighted by molar-refractivity contribution is 5.89. The number of aryl methyl sites for hydroxylation is 1. The van der Waals surface area contributed by atoms with Gasteiger partial charge < -0.3 is 10.4 Å². The molecule has 1 aromatic rings. The van der Waals surface area contributed by atoms with Crippen molar-refractivity contribution >= 4 is 11.8 Å². The lowest BCUT2D eigenvalue weighted by molar-refractivity contribution is 0.0695. The van der Waals surface area contributed by atoms with Crippen molar-refractivity contribution in [1.29, 1.82) is 0 Å². The molecule has 0 amide bonds. The zero-order chi connectivity index (χ0) is 13.8. The normalized spacial score (nSPS) is 11.3. The molecule has 1 rings (SSSR count). The SMILES string of the molecule is CCC(CC)(CC)Nc1ccc(C(=O)O)c(C)n1. The highest BCUT2D eigenvalue weighted by Crippen LogP contribution is 2.25. The molecule has 0 unspecified atom stereocenters. The van der Waals surface area contributed by atoms with Crippen molar-refractivity contribution in [2.75, 3.05) is 5.32 Å². The maximum absolute atomic E-state index is 10.9. The zero-order valence-corrected chi connectivity index (χ0v) is 11.6. The summed E-state index contributed by atoms with van der Waals surface area (Å²) in [7, 11) is 0. The molecule has 100 valence electrons. The second kappa shape index (κ2) is 5.85. The average molecular weight is 250 g/mol. The van der Waals surface area contributed by atoms with Crippen molar-refractivity contribution in [2.45, 2.75) is 52.5 Å². The van der Waals surface area contributed by atoms with E-state index in [0.717, 1.165) is 25.1 Å². The van der Waals surface area contributed by atoms with Crippen LogP contribution in [0.1, 0.15) is 56.1 Å². The van der Waals surface area contributed by atoms with E-state index in [1.165, 1.54) is 0 Å². The minimum absolute atomic E-state index is 0.0458. The lowest BCUT2D eigenvalue weighted by Crippen LogP contribution is -2.36. The van der Waals surface area contributed by atoms with Gasteiger partial charge in [-0.2, -0.15) is 0 Å². The first-order valence-corrected chi connectivity index (χ1v) is 6.47. The molecule has 4 heteroatoms. The smallest absolute Gasteiger partial charge is 0.337 e. The highest BCUT2D eigenvalue weighted by Gasteiger charge is 2.24. The van der Waals surface area contributed by atoms with Crippen LogP contribution in [0.25, 0.3) is 0 Å². The molecule has 0 aliphatic carbocycles. The summed E-state index contributed by atoms with van der Waals surface area (Å²) in [6, 6.07) is 3.35. The van der Waals surface area contributed by atoms with E-state index in [2.05, 4.69) is 31.1 Å². The summed E-state index contributed by atoms with van der Waals surface area (Å²) in [5.41, 5.74) is 0.852. The number of pyridine rings is 1. The molecule has 0 bridgehead atoms. The second-order valence-electron chi connectivity index (χ2n) is 4.60. The van der Waals surface area contributed by atoms with Crippen LogP contribution in [0.3, 0.4) is 0 Å². The Hall–Kier alpha value is -1.58. The molecule has 0 aliphatic heterocycles. The van der Waals surface area contributed by atoms with Crippen LogP contribution >= 0.6 is 0 Å². The maximum Gasteiger partial charge on any atom is 0.337 e. The molecule has 18 heavy (non-hydrogen) atoms. The van der Waals surface area contributed by atoms with Crippen molar-refractivity contribution in [3.63, 3.8) is 0 Å². The van der Waals surface area contributed by atoms with Crippen LogP contribution in [0, 0.1) is 6.92 Å². The number of carbonyl (C=O) groups is 1. The number of hydrogen-bond donors (Lipinski definition) is 2. The molecule has 0 aliphatic rings. The summed E-state index contributed by atoms with van der Waals surface area (Å²) < 4.78 is 0. The van der Waals surface area contributed by atoms with Crippen molar-refractivity contribution in [3.8, 4) is 0 Å². The van der Waals surface area contributed by atoms with Gasteiger partial charge >= 0.3 is 5.97 Å². The molecule has 1 heterocycles. The summed E-state index contributed by atoms with van der Waals surface area (Å²) in [6.07, 6.45) is 3.05. The molecule has 1 aromatic heterocycles. The van der Waals surface area contributed by atoms with Crippen LogP contribution in [0.4, 0.5) is 5.82 Å². The molecular weight excluding hydrogens is 228 g/mol. The van der Waals surface area contributed by atoms with Crippen molar-refractivity contribution in [1.82, 2.24) is 4.98 Å². The zero-order valence-electron chi connectivity index (χ0n) is 11.6. The standard InChI is InChI=1S/C14H22N2O2/c1-5-14(6-2,7-3)16-12-9-8-11(13(17)18)10(4)15-12/h8-9H,5-7H2,1-4H3,(H,15,16)(H,17,18). The van der Waals surface area contributed by atoms with Crippen molar-refractivity contribution in [3.05, 3.63) is 23.4 Å². The van der Waals surface area contributed by atoms with E-state index in [0.29, 0.717) is 5.69 Å². The number of carboxylic acids is 1. The van der Waals surface area contributed by atoms with Gasteiger partial charge in [0, 0.05) is 5.54 Å². The summed E-state index contributed by atoms with van der Waals surface area (Å²) in [6.45, 7) is 8.18. The lowest BCUT2D eigenvalue weighted by atomic mass is 9.90. The minimum atomic E-state index is -0.931. The van der Waals surface area contributed by atoms with E-state index in [9.17, 15) is 4.79 Å². The van der Waals surface area contributed by atoms with Gasteiger partial charge in [-0.05, 0) is 38.3 Å². The molecule has 0 aromatic carbocycles. The summed E-state index contributed by atoms with van der Waals surface area (Å²) >= 11 is 0. The fourth-order valence-electron chi connectivity index (χ4n) is 2.14. The third kappa shape index (κ3) is 3.00. The fourth-order valence-corrected chi connectivity index (χ4v) is 2.14. The number of aromatic nitrogens is 1. The Labute approximate surface area is 108 Å². The van der Waals surface area contributed by atoms with Gasteiger partial charge in [0.15, 0.2) is 0 Å². The maximum atomic E-state index is 10.9. The molecule has 0 fully saturated rings. The molecule has 4 nitrogen and oxygen atoms in total. The monoisotopic (exact) mass is 250 g/mol. The lowest BCUT2D eigenvalue weighted by Gasteiger charge is -2.32. The first kappa shape index (κ1) is 14.5. The summed E-state index contributed by atoms with van der Waals surface area (Å²) in [4.78, 5) is 15.3. The fraction of sp³-hybridized carbons (Fsp3) is 0.571. The second-order valence-corrected chi connectivity index (χ2v) is 4.60. The highest BCUT2D eigenvalue weighted by atomic mass is 16.4. The van der Waals surface area contributed by atoms with Gasteiger partial charge in [0.1, 0.15) is 5.82 Å². The molecule has 0 spiro atoms. The number of nitrogens with one attached hydrogen (secondary N) is 1. The molecule has 0 saturated heterocycles. The molecule has 2 N–H and O–H groups in total. The number of carboxylic acid groups (broad SMARTS) is 1. The average Bonchev–Trinajstić information content (AvgIpc) is 2.36. The van der Waals surface area contributed by atoms with Crippen LogP contribution in [0.5, 0.6) is 0 Å². The van der Waals surface area contributed by atoms with Crippen LogP contribution in [0.2, 0.25) is 0 Å². The van der Waals surface area contributed by atoms with E-state index in [1.807, 2.05) is 0 Å². The Morgan fingerprint density at radius 2 is 1.83 bits per heavy atom. The van der Waals surface area contributed by atoms with Crippen LogP contribution in [-0.2, 0) is 0 Å².